The number of piperidine rings is 1. The quantitative estimate of drug-likeness (QED) is 0.658. The Hall–Kier alpha value is -3.29. The molecule has 1 fully saturated rings. The molecule has 1 amide bonds. The predicted octanol–water partition coefficient (Wildman–Crippen LogP) is 2.43. The van der Waals surface area contributed by atoms with Crippen LogP contribution in [0.25, 0.3) is 0 Å². The number of para-hydroxylation sites is 1. The number of nitrogens with zero attached hydrogens (tertiary/aromatic N) is 1. The highest BCUT2D eigenvalue weighted by Crippen LogP contribution is 2.19. The molecule has 2 heterocycles. The molecule has 1 aromatic carbocycles. The number of amides is 1. The highest BCUT2D eigenvalue weighted by molar-refractivity contribution is 5.90. The van der Waals surface area contributed by atoms with Gasteiger partial charge in [-0.25, -0.2) is 4.79 Å². The van der Waals surface area contributed by atoms with Crippen molar-refractivity contribution in [3.63, 3.8) is 0 Å². The van der Waals surface area contributed by atoms with Gasteiger partial charge in [0.2, 0.25) is 5.76 Å². The number of hydrogen-bond donors (Lipinski definition) is 0. The molecule has 2 aromatic rings. The van der Waals surface area contributed by atoms with Crippen molar-refractivity contribution in [2.45, 2.75) is 19.4 Å². The van der Waals surface area contributed by atoms with Gasteiger partial charge in [0.1, 0.15) is 12.4 Å². The molecule has 0 aliphatic carbocycles. The molecular weight excluding hydrogens is 378 g/mol. The molecule has 8 nitrogen and oxygen atoms in total. The molecule has 1 aliphatic heterocycles. The van der Waals surface area contributed by atoms with Gasteiger partial charge >= 0.3 is 11.9 Å². The Morgan fingerprint density at radius 2 is 1.83 bits per heavy atom. The largest absolute Gasteiger partial charge is 0.489 e. The summed E-state index contributed by atoms with van der Waals surface area (Å²) in [7, 11) is 1.35. The average molecular weight is 401 g/mol. The summed E-state index contributed by atoms with van der Waals surface area (Å²) in [5.41, 5.74) is 0.533. The van der Waals surface area contributed by atoms with Crippen LogP contribution in [0.2, 0.25) is 0 Å². The van der Waals surface area contributed by atoms with E-state index >= 15 is 0 Å². The topological polar surface area (TPSA) is 95.3 Å². The Morgan fingerprint density at radius 3 is 2.52 bits per heavy atom. The lowest BCUT2D eigenvalue weighted by Gasteiger charge is -2.30. The SMILES string of the molecule is COC(=O)C1CCN(C(=O)COC(=O)c2occc2COc2ccccc2)CC1. The van der Waals surface area contributed by atoms with Gasteiger partial charge in [0, 0.05) is 18.7 Å². The van der Waals surface area contributed by atoms with E-state index in [0.717, 1.165) is 0 Å². The molecule has 1 saturated heterocycles. The third kappa shape index (κ3) is 5.37. The summed E-state index contributed by atoms with van der Waals surface area (Å²) in [5.74, 6) is -0.806. The average Bonchev–Trinajstić information content (AvgIpc) is 3.25. The Kier molecular flexibility index (Phi) is 6.89. The third-order valence-electron chi connectivity index (χ3n) is 4.78. The van der Waals surface area contributed by atoms with Crippen LogP contribution in [-0.4, -0.2) is 49.6 Å². The van der Waals surface area contributed by atoms with Gasteiger partial charge in [-0.15, -0.1) is 0 Å². The lowest BCUT2D eigenvalue weighted by atomic mass is 9.97. The number of esters is 2. The minimum absolute atomic E-state index is 0.0122. The molecule has 0 unspecified atom stereocenters. The third-order valence-corrected chi connectivity index (χ3v) is 4.78. The van der Waals surface area contributed by atoms with Crippen LogP contribution in [0.1, 0.15) is 29.0 Å². The molecule has 0 radical (unpaired) electrons. The van der Waals surface area contributed by atoms with Gasteiger partial charge in [-0.05, 0) is 31.0 Å². The van der Waals surface area contributed by atoms with E-state index < -0.39 is 5.97 Å². The molecule has 1 aliphatic rings. The first-order chi connectivity index (χ1) is 14.1. The van der Waals surface area contributed by atoms with Crippen molar-refractivity contribution >= 4 is 17.8 Å². The molecule has 29 heavy (non-hydrogen) atoms. The minimum atomic E-state index is -0.723. The number of ether oxygens (including phenoxy) is 3. The number of carbonyl (C=O) groups is 3. The minimum Gasteiger partial charge on any atom is -0.489 e. The second-order valence-corrected chi connectivity index (χ2v) is 6.63. The maximum Gasteiger partial charge on any atom is 0.375 e. The second-order valence-electron chi connectivity index (χ2n) is 6.63. The number of benzene rings is 1. The van der Waals surface area contributed by atoms with Gasteiger partial charge in [0.25, 0.3) is 5.91 Å². The van der Waals surface area contributed by atoms with Crippen molar-refractivity contribution in [1.82, 2.24) is 4.90 Å². The maximum atomic E-state index is 12.3. The molecule has 0 N–H and O–H groups in total. The van der Waals surface area contributed by atoms with Gasteiger partial charge in [-0.3, -0.25) is 9.59 Å². The van der Waals surface area contributed by atoms with Crippen LogP contribution in [0.15, 0.2) is 47.1 Å². The molecular formula is C21H23NO7. The van der Waals surface area contributed by atoms with Gasteiger partial charge in [0.15, 0.2) is 6.61 Å². The van der Waals surface area contributed by atoms with Crippen molar-refractivity contribution in [3.05, 3.63) is 54.0 Å². The van der Waals surface area contributed by atoms with Crippen molar-refractivity contribution < 1.29 is 33.0 Å². The fourth-order valence-corrected chi connectivity index (χ4v) is 3.12. The van der Waals surface area contributed by atoms with Gasteiger partial charge in [-0.1, -0.05) is 18.2 Å². The predicted molar refractivity (Wildman–Crippen MR) is 101 cm³/mol. The van der Waals surface area contributed by atoms with Crippen LogP contribution in [0, 0.1) is 5.92 Å². The van der Waals surface area contributed by atoms with Crippen LogP contribution >= 0.6 is 0 Å². The van der Waals surface area contributed by atoms with Gasteiger partial charge < -0.3 is 23.5 Å². The fraction of sp³-hybridized carbons (Fsp3) is 0.381. The number of carbonyl (C=O) groups excluding carboxylic acids is 3. The highest BCUT2D eigenvalue weighted by atomic mass is 16.5. The second kappa shape index (κ2) is 9.77. The monoisotopic (exact) mass is 401 g/mol. The maximum absolute atomic E-state index is 12.3. The molecule has 0 spiro atoms. The first-order valence-corrected chi connectivity index (χ1v) is 9.35. The molecule has 0 atom stereocenters. The molecule has 3 rings (SSSR count). The summed E-state index contributed by atoms with van der Waals surface area (Å²) >= 11 is 0. The van der Waals surface area contributed by atoms with E-state index in [2.05, 4.69) is 0 Å². The van der Waals surface area contributed by atoms with E-state index in [1.165, 1.54) is 13.4 Å². The van der Waals surface area contributed by atoms with E-state index in [1.54, 1.807) is 23.1 Å². The number of furan rings is 1. The van der Waals surface area contributed by atoms with E-state index in [0.29, 0.717) is 37.2 Å². The summed E-state index contributed by atoms with van der Waals surface area (Å²) in [6.45, 7) is 0.599. The standard InChI is InChI=1S/C21H23NO7/c1-26-20(24)15-7-10-22(11-8-15)18(23)14-29-21(25)19-16(9-12-27-19)13-28-17-5-3-2-4-6-17/h2-6,9,12,15H,7-8,10-11,13-14H2,1H3. The van der Waals surface area contributed by atoms with Crippen LogP contribution in [-0.2, 0) is 25.7 Å². The van der Waals surface area contributed by atoms with Crippen LogP contribution in [0.5, 0.6) is 5.75 Å². The number of methoxy groups -OCH3 is 1. The van der Waals surface area contributed by atoms with Crippen molar-refractivity contribution in [3.8, 4) is 5.75 Å². The van der Waals surface area contributed by atoms with Crippen molar-refractivity contribution in [1.29, 1.82) is 0 Å². The number of rotatable bonds is 7. The van der Waals surface area contributed by atoms with Crippen LogP contribution in [0.4, 0.5) is 0 Å². The zero-order valence-corrected chi connectivity index (χ0v) is 16.2. The van der Waals surface area contributed by atoms with Gasteiger partial charge in [-0.2, -0.15) is 0 Å². The summed E-state index contributed by atoms with van der Waals surface area (Å²) in [6.07, 6.45) is 2.44. The molecule has 0 bridgehead atoms. The fourth-order valence-electron chi connectivity index (χ4n) is 3.12. The number of likely N-dealkylation sites (tertiary alicyclic amines) is 1. The first kappa shape index (κ1) is 20.4. The number of hydrogen-bond acceptors (Lipinski definition) is 7. The summed E-state index contributed by atoms with van der Waals surface area (Å²) in [4.78, 5) is 37.7. The lowest BCUT2D eigenvalue weighted by molar-refractivity contribution is -0.149. The van der Waals surface area contributed by atoms with E-state index in [4.69, 9.17) is 18.6 Å². The van der Waals surface area contributed by atoms with Crippen molar-refractivity contribution in [2.24, 2.45) is 5.92 Å². The van der Waals surface area contributed by atoms with E-state index in [-0.39, 0.29) is 36.8 Å². The van der Waals surface area contributed by atoms with Crippen molar-refractivity contribution in [2.75, 3.05) is 26.8 Å². The highest BCUT2D eigenvalue weighted by Gasteiger charge is 2.28. The zero-order chi connectivity index (χ0) is 20.6. The van der Waals surface area contributed by atoms with E-state index in [1.807, 2.05) is 18.2 Å². The van der Waals surface area contributed by atoms with E-state index in [9.17, 15) is 14.4 Å². The lowest BCUT2D eigenvalue weighted by Crippen LogP contribution is -2.42. The van der Waals surface area contributed by atoms with Crippen LogP contribution < -0.4 is 4.74 Å². The zero-order valence-electron chi connectivity index (χ0n) is 16.2. The van der Waals surface area contributed by atoms with Crippen LogP contribution in [0.3, 0.4) is 0 Å². The Balaban J connectivity index is 1.47. The molecule has 8 heteroatoms. The smallest absolute Gasteiger partial charge is 0.375 e. The Morgan fingerprint density at radius 1 is 1.10 bits per heavy atom. The normalized spacial score (nSPS) is 14.3. The van der Waals surface area contributed by atoms with Gasteiger partial charge in [0.05, 0.1) is 19.3 Å². The summed E-state index contributed by atoms with van der Waals surface area (Å²) in [5, 5.41) is 0. The molecule has 1 aromatic heterocycles. The molecule has 154 valence electrons. The molecule has 0 saturated carbocycles. The summed E-state index contributed by atoms with van der Waals surface area (Å²) in [6, 6.07) is 10.8. The Labute approximate surface area is 168 Å². The Bertz CT molecular complexity index is 838. The first-order valence-electron chi connectivity index (χ1n) is 9.35. The summed E-state index contributed by atoms with van der Waals surface area (Å²) < 4.78 is 20.7.